The first-order valence-corrected chi connectivity index (χ1v) is 7.12. The van der Waals surface area contributed by atoms with Gasteiger partial charge >= 0.3 is 5.97 Å². The Balaban J connectivity index is 2.40. The summed E-state index contributed by atoms with van der Waals surface area (Å²) in [6.45, 7) is 0. The lowest BCUT2D eigenvalue weighted by Gasteiger charge is -2.09. The van der Waals surface area contributed by atoms with E-state index < -0.39 is 32.3 Å². The van der Waals surface area contributed by atoms with Crippen molar-refractivity contribution in [1.82, 2.24) is 0 Å². The van der Waals surface area contributed by atoms with Gasteiger partial charge in [0.15, 0.2) is 0 Å². The van der Waals surface area contributed by atoms with E-state index in [1.807, 2.05) is 0 Å². The molecule has 0 bridgehead atoms. The van der Waals surface area contributed by atoms with Crippen LogP contribution in [-0.4, -0.2) is 24.6 Å². The number of benzene rings is 2. The molecule has 6 nitrogen and oxygen atoms in total. The lowest BCUT2D eigenvalue weighted by molar-refractivity contribution is 0.0691. The van der Waals surface area contributed by atoms with Crippen molar-refractivity contribution in [2.24, 2.45) is 0 Å². The van der Waals surface area contributed by atoms with Crippen LogP contribution in [0.15, 0.2) is 47.4 Å². The molecular formula is C13H10FNO5S. The molecule has 0 radical (unpaired) electrons. The summed E-state index contributed by atoms with van der Waals surface area (Å²) in [6.07, 6.45) is 0. The number of aromatic carboxylic acids is 1. The molecule has 110 valence electrons. The highest BCUT2D eigenvalue weighted by Gasteiger charge is 2.19. The lowest BCUT2D eigenvalue weighted by Crippen LogP contribution is -2.14. The fraction of sp³-hybridized carbons (Fsp3) is 0. The molecule has 0 saturated heterocycles. The van der Waals surface area contributed by atoms with Gasteiger partial charge in [-0.1, -0.05) is 6.07 Å². The Bertz CT molecular complexity index is 804. The summed E-state index contributed by atoms with van der Waals surface area (Å²) >= 11 is 0. The number of carboxylic acids is 1. The lowest BCUT2D eigenvalue weighted by atomic mass is 10.2. The normalized spacial score (nSPS) is 11.1. The van der Waals surface area contributed by atoms with E-state index in [1.165, 1.54) is 24.3 Å². The minimum atomic E-state index is -4.09. The van der Waals surface area contributed by atoms with E-state index in [0.717, 1.165) is 18.2 Å². The fourth-order valence-electron chi connectivity index (χ4n) is 1.62. The van der Waals surface area contributed by atoms with E-state index in [9.17, 15) is 22.7 Å². The van der Waals surface area contributed by atoms with E-state index in [2.05, 4.69) is 4.72 Å². The first kappa shape index (κ1) is 14.8. The van der Waals surface area contributed by atoms with Crippen LogP contribution >= 0.6 is 0 Å². The van der Waals surface area contributed by atoms with Gasteiger partial charge < -0.3 is 10.2 Å². The molecule has 2 aromatic rings. The molecule has 0 amide bonds. The number of hydrogen-bond acceptors (Lipinski definition) is 4. The number of carboxylic acid groups (broad SMARTS) is 1. The third-order valence-corrected chi connectivity index (χ3v) is 3.96. The van der Waals surface area contributed by atoms with Crippen LogP contribution in [0.1, 0.15) is 10.4 Å². The Morgan fingerprint density at radius 1 is 1.14 bits per heavy atom. The van der Waals surface area contributed by atoms with Crippen LogP contribution in [-0.2, 0) is 10.0 Å². The number of anilines is 1. The average Bonchev–Trinajstić information content (AvgIpc) is 2.38. The molecule has 0 unspecified atom stereocenters. The maximum Gasteiger partial charge on any atom is 0.338 e. The van der Waals surface area contributed by atoms with E-state index in [1.54, 1.807) is 0 Å². The predicted molar refractivity (Wildman–Crippen MR) is 72.3 cm³/mol. The van der Waals surface area contributed by atoms with E-state index in [4.69, 9.17) is 5.11 Å². The van der Waals surface area contributed by atoms with Gasteiger partial charge in [-0.3, -0.25) is 4.72 Å². The number of nitrogens with one attached hydrogen (secondary N) is 1. The van der Waals surface area contributed by atoms with Crippen molar-refractivity contribution < 1.29 is 27.8 Å². The molecule has 0 aliphatic carbocycles. The maximum atomic E-state index is 13.3. The fourth-order valence-corrected chi connectivity index (χ4v) is 2.69. The Kier molecular flexibility index (Phi) is 3.81. The smallest absolute Gasteiger partial charge is 0.338 e. The van der Waals surface area contributed by atoms with Crippen LogP contribution in [0, 0.1) is 5.82 Å². The van der Waals surface area contributed by atoms with Gasteiger partial charge in [-0.05, 0) is 30.3 Å². The quantitative estimate of drug-likeness (QED) is 0.801. The summed E-state index contributed by atoms with van der Waals surface area (Å²) in [5.41, 5.74) is -0.648. The van der Waals surface area contributed by atoms with E-state index in [-0.39, 0.29) is 11.4 Å². The molecule has 8 heteroatoms. The van der Waals surface area contributed by atoms with Crippen molar-refractivity contribution in [2.45, 2.75) is 4.90 Å². The summed E-state index contributed by atoms with van der Waals surface area (Å²) in [7, 11) is -4.09. The van der Waals surface area contributed by atoms with Gasteiger partial charge in [0, 0.05) is 6.07 Å². The molecule has 0 atom stereocenters. The number of phenolic OH excluding ortho intramolecular Hbond substituents is 1. The summed E-state index contributed by atoms with van der Waals surface area (Å²) in [4.78, 5) is 10.4. The zero-order chi connectivity index (χ0) is 15.6. The van der Waals surface area contributed by atoms with Crippen molar-refractivity contribution in [3.8, 4) is 5.75 Å². The molecule has 0 aromatic heterocycles. The first-order valence-electron chi connectivity index (χ1n) is 5.64. The average molecular weight is 311 g/mol. The molecule has 2 rings (SSSR count). The van der Waals surface area contributed by atoms with Gasteiger partial charge in [0.1, 0.15) is 11.6 Å². The molecule has 0 spiro atoms. The molecule has 0 aliphatic heterocycles. The molecule has 0 fully saturated rings. The monoisotopic (exact) mass is 311 g/mol. The second-order valence-corrected chi connectivity index (χ2v) is 5.79. The number of halogens is 1. The van der Waals surface area contributed by atoms with Gasteiger partial charge in [-0.2, -0.15) is 0 Å². The standard InChI is InChI=1S/C13H10FNO5S/c14-12-5-4-10(7-11(12)13(17)18)21(19,20)15-8-2-1-3-9(16)6-8/h1-7,15-16H,(H,17,18). The largest absolute Gasteiger partial charge is 0.508 e. The van der Waals surface area contributed by atoms with Crippen molar-refractivity contribution in [1.29, 1.82) is 0 Å². The maximum absolute atomic E-state index is 13.3. The van der Waals surface area contributed by atoms with Crippen LogP contribution in [0.2, 0.25) is 0 Å². The number of aromatic hydroxyl groups is 1. The highest BCUT2D eigenvalue weighted by molar-refractivity contribution is 7.92. The number of carbonyl (C=O) groups is 1. The molecule has 21 heavy (non-hydrogen) atoms. The zero-order valence-corrected chi connectivity index (χ0v) is 11.3. The minimum absolute atomic E-state index is 0.0937. The summed E-state index contributed by atoms with van der Waals surface area (Å²) in [5.74, 6) is -2.73. The Morgan fingerprint density at radius 3 is 2.48 bits per heavy atom. The van der Waals surface area contributed by atoms with E-state index in [0.29, 0.717) is 0 Å². The van der Waals surface area contributed by atoms with Crippen LogP contribution in [0.4, 0.5) is 10.1 Å². The molecule has 0 aliphatic rings. The molecule has 0 saturated carbocycles. The van der Waals surface area contributed by atoms with Crippen molar-refractivity contribution in [2.75, 3.05) is 4.72 Å². The van der Waals surface area contributed by atoms with Crippen molar-refractivity contribution in [3.63, 3.8) is 0 Å². The molecular weight excluding hydrogens is 301 g/mol. The Labute approximate surface area is 119 Å². The van der Waals surface area contributed by atoms with Crippen LogP contribution in [0.3, 0.4) is 0 Å². The summed E-state index contributed by atoms with van der Waals surface area (Å²) in [6, 6.07) is 7.81. The minimum Gasteiger partial charge on any atom is -0.508 e. The number of sulfonamides is 1. The third kappa shape index (κ3) is 3.29. The van der Waals surface area contributed by atoms with Gasteiger partial charge in [-0.15, -0.1) is 0 Å². The number of phenols is 1. The van der Waals surface area contributed by atoms with Gasteiger partial charge in [0.25, 0.3) is 10.0 Å². The highest BCUT2D eigenvalue weighted by atomic mass is 32.2. The Hall–Kier alpha value is -2.61. The van der Waals surface area contributed by atoms with E-state index >= 15 is 0 Å². The van der Waals surface area contributed by atoms with Crippen molar-refractivity contribution in [3.05, 3.63) is 53.8 Å². The number of rotatable bonds is 4. The third-order valence-electron chi connectivity index (χ3n) is 2.58. The molecule has 0 heterocycles. The van der Waals surface area contributed by atoms with Gasteiger partial charge in [0.05, 0.1) is 16.1 Å². The van der Waals surface area contributed by atoms with Crippen molar-refractivity contribution >= 4 is 21.7 Å². The molecule has 2 aromatic carbocycles. The zero-order valence-electron chi connectivity index (χ0n) is 10.4. The summed E-state index contributed by atoms with van der Waals surface area (Å²) < 4.78 is 39.6. The van der Waals surface area contributed by atoms with Crippen LogP contribution < -0.4 is 4.72 Å². The van der Waals surface area contributed by atoms with Gasteiger partial charge in [0.2, 0.25) is 0 Å². The predicted octanol–water partition coefficient (Wildman–Crippen LogP) is 2.03. The first-order chi connectivity index (χ1) is 9.79. The second-order valence-electron chi connectivity index (χ2n) is 4.10. The van der Waals surface area contributed by atoms with Crippen LogP contribution in [0.25, 0.3) is 0 Å². The van der Waals surface area contributed by atoms with Gasteiger partial charge in [-0.25, -0.2) is 17.6 Å². The highest BCUT2D eigenvalue weighted by Crippen LogP contribution is 2.21. The topological polar surface area (TPSA) is 104 Å². The van der Waals surface area contributed by atoms with Crippen LogP contribution in [0.5, 0.6) is 5.75 Å². The SMILES string of the molecule is O=C(O)c1cc(S(=O)(=O)Nc2cccc(O)c2)ccc1F. The Morgan fingerprint density at radius 2 is 1.86 bits per heavy atom. The molecule has 3 N–H and O–H groups in total. The number of hydrogen-bond donors (Lipinski definition) is 3. The second kappa shape index (κ2) is 5.41. The summed E-state index contributed by atoms with van der Waals surface area (Å²) in [5, 5.41) is 18.1.